The van der Waals surface area contributed by atoms with Crippen LogP contribution in [0.5, 0.6) is 0 Å². The molecule has 0 unspecified atom stereocenters. The smallest absolute Gasteiger partial charge is 0.339 e. The number of carboxylic acid groups (broad SMARTS) is 1. The lowest BCUT2D eigenvalue weighted by atomic mass is 10.1. The third-order valence-electron chi connectivity index (χ3n) is 3.03. The Morgan fingerprint density at radius 2 is 2.15 bits per heavy atom. The minimum Gasteiger partial charge on any atom is -0.478 e. The Balaban J connectivity index is 1.83. The Morgan fingerprint density at radius 3 is 2.80 bits per heavy atom. The van der Waals surface area contributed by atoms with E-state index in [9.17, 15) is 9.18 Å². The van der Waals surface area contributed by atoms with E-state index < -0.39 is 5.97 Å². The summed E-state index contributed by atoms with van der Waals surface area (Å²) in [5.41, 5.74) is 0.831. The maximum Gasteiger partial charge on any atom is 0.339 e. The number of rotatable bonds is 6. The van der Waals surface area contributed by atoms with Crippen LogP contribution in [0.1, 0.15) is 27.4 Å². The fourth-order valence-electron chi connectivity index (χ4n) is 1.98. The number of furan rings is 1. The number of carbonyl (C=O) groups is 1. The van der Waals surface area contributed by atoms with Crippen molar-refractivity contribution in [1.29, 1.82) is 0 Å². The molecule has 106 valence electrons. The van der Waals surface area contributed by atoms with Crippen LogP contribution in [0, 0.1) is 12.7 Å². The van der Waals surface area contributed by atoms with E-state index in [1.54, 1.807) is 25.1 Å². The van der Waals surface area contributed by atoms with E-state index >= 15 is 0 Å². The van der Waals surface area contributed by atoms with Gasteiger partial charge in [0, 0.05) is 0 Å². The maximum atomic E-state index is 13.4. The molecular weight excluding hydrogens is 261 g/mol. The van der Waals surface area contributed by atoms with Crippen molar-refractivity contribution in [1.82, 2.24) is 5.32 Å². The molecule has 2 rings (SSSR count). The predicted octanol–water partition coefficient (Wildman–Crippen LogP) is 2.76. The fourth-order valence-corrected chi connectivity index (χ4v) is 1.98. The summed E-state index contributed by atoms with van der Waals surface area (Å²) in [5, 5.41) is 12.0. The van der Waals surface area contributed by atoms with Crippen LogP contribution in [0.25, 0.3) is 0 Å². The van der Waals surface area contributed by atoms with E-state index in [1.165, 1.54) is 12.1 Å². The van der Waals surface area contributed by atoms with E-state index in [1.807, 2.05) is 0 Å². The minimum atomic E-state index is -0.996. The molecule has 0 saturated carbocycles. The van der Waals surface area contributed by atoms with Gasteiger partial charge in [-0.05, 0) is 37.6 Å². The van der Waals surface area contributed by atoms with Crippen LogP contribution >= 0.6 is 0 Å². The number of aryl methyl sites for hydroxylation is 1. The highest BCUT2D eigenvalue weighted by molar-refractivity contribution is 5.88. The van der Waals surface area contributed by atoms with Crippen LogP contribution in [-0.4, -0.2) is 17.6 Å². The summed E-state index contributed by atoms with van der Waals surface area (Å²) in [4.78, 5) is 10.9. The number of nitrogens with one attached hydrogen (secondary N) is 1. The van der Waals surface area contributed by atoms with Crippen LogP contribution in [0.4, 0.5) is 4.39 Å². The van der Waals surface area contributed by atoms with E-state index in [0.717, 1.165) is 0 Å². The Hall–Kier alpha value is -2.14. The van der Waals surface area contributed by atoms with Crippen molar-refractivity contribution in [3.05, 3.63) is 58.8 Å². The third-order valence-corrected chi connectivity index (χ3v) is 3.03. The molecule has 1 aromatic heterocycles. The molecule has 2 aromatic rings. The molecule has 0 aliphatic heterocycles. The average molecular weight is 277 g/mol. The van der Waals surface area contributed by atoms with Crippen molar-refractivity contribution in [2.24, 2.45) is 0 Å². The molecule has 2 N–H and O–H groups in total. The van der Waals surface area contributed by atoms with Crippen LogP contribution in [-0.2, 0) is 13.0 Å². The standard InChI is InChI=1S/C15H16FNO3/c1-10-13(15(18)19)8-12(20-10)9-17-7-6-11-4-2-3-5-14(11)16/h2-5,8,17H,6-7,9H2,1H3,(H,18,19). The third kappa shape index (κ3) is 3.45. The van der Waals surface area contributed by atoms with Crippen molar-refractivity contribution in [2.45, 2.75) is 19.9 Å². The largest absolute Gasteiger partial charge is 0.478 e. The van der Waals surface area contributed by atoms with Crippen LogP contribution in [0.3, 0.4) is 0 Å². The second kappa shape index (κ2) is 6.34. The van der Waals surface area contributed by atoms with Crippen LogP contribution in [0.15, 0.2) is 34.7 Å². The minimum absolute atomic E-state index is 0.177. The molecule has 1 heterocycles. The van der Waals surface area contributed by atoms with Gasteiger partial charge in [0.15, 0.2) is 0 Å². The summed E-state index contributed by atoms with van der Waals surface area (Å²) in [6.07, 6.45) is 0.568. The summed E-state index contributed by atoms with van der Waals surface area (Å²) in [6.45, 7) is 2.62. The first-order chi connectivity index (χ1) is 9.58. The Bertz CT molecular complexity index is 607. The summed E-state index contributed by atoms with van der Waals surface area (Å²) in [7, 11) is 0. The molecule has 0 atom stereocenters. The Labute approximate surface area is 116 Å². The quantitative estimate of drug-likeness (QED) is 0.797. The van der Waals surface area contributed by atoms with Gasteiger partial charge in [-0.15, -0.1) is 0 Å². The summed E-state index contributed by atoms with van der Waals surface area (Å²) in [6, 6.07) is 8.15. The van der Waals surface area contributed by atoms with Gasteiger partial charge < -0.3 is 14.8 Å². The molecular formula is C15H16FNO3. The summed E-state index contributed by atoms with van der Waals surface area (Å²) < 4.78 is 18.7. The highest BCUT2D eigenvalue weighted by Gasteiger charge is 2.13. The zero-order valence-corrected chi connectivity index (χ0v) is 11.1. The van der Waals surface area contributed by atoms with Gasteiger partial charge in [0.1, 0.15) is 22.9 Å². The lowest BCUT2D eigenvalue weighted by Gasteiger charge is -2.04. The number of carboxylic acids is 1. The molecule has 20 heavy (non-hydrogen) atoms. The van der Waals surface area contributed by atoms with Gasteiger partial charge >= 0.3 is 5.97 Å². The molecule has 0 fully saturated rings. The Morgan fingerprint density at radius 1 is 1.40 bits per heavy atom. The second-order valence-corrected chi connectivity index (χ2v) is 4.51. The molecule has 0 radical (unpaired) electrons. The highest BCUT2D eigenvalue weighted by Crippen LogP contribution is 2.14. The van der Waals surface area contributed by atoms with Gasteiger partial charge in [-0.1, -0.05) is 18.2 Å². The first kappa shape index (κ1) is 14.3. The van der Waals surface area contributed by atoms with E-state index in [0.29, 0.717) is 36.6 Å². The Kier molecular flexibility index (Phi) is 4.53. The van der Waals surface area contributed by atoms with Crippen molar-refractivity contribution >= 4 is 5.97 Å². The van der Waals surface area contributed by atoms with Crippen LogP contribution in [0.2, 0.25) is 0 Å². The topological polar surface area (TPSA) is 62.5 Å². The molecule has 0 amide bonds. The van der Waals surface area contributed by atoms with Gasteiger partial charge in [-0.25, -0.2) is 9.18 Å². The van der Waals surface area contributed by atoms with E-state index in [4.69, 9.17) is 9.52 Å². The molecule has 0 spiro atoms. The number of aromatic carboxylic acids is 1. The zero-order chi connectivity index (χ0) is 14.5. The maximum absolute atomic E-state index is 13.4. The summed E-state index contributed by atoms with van der Waals surface area (Å²) >= 11 is 0. The zero-order valence-electron chi connectivity index (χ0n) is 11.1. The number of benzene rings is 1. The van der Waals surface area contributed by atoms with Gasteiger partial charge in [0.05, 0.1) is 6.54 Å². The van der Waals surface area contributed by atoms with E-state index in [-0.39, 0.29) is 11.4 Å². The fraction of sp³-hybridized carbons (Fsp3) is 0.267. The molecule has 0 aliphatic carbocycles. The number of hydrogen-bond donors (Lipinski definition) is 2. The first-order valence-electron chi connectivity index (χ1n) is 6.34. The molecule has 0 bridgehead atoms. The molecule has 0 saturated heterocycles. The highest BCUT2D eigenvalue weighted by atomic mass is 19.1. The first-order valence-corrected chi connectivity index (χ1v) is 6.34. The van der Waals surface area contributed by atoms with Crippen LogP contribution < -0.4 is 5.32 Å². The lowest BCUT2D eigenvalue weighted by molar-refractivity contribution is 0.0695. The van der Waals surface area contributed by atoms with Crippen molar-refractivity contribution in [2.75, 3.05) is 6.54 Å². The van der Waals surface area contributed by atoms with Crippen molar-refractivity contribution in [3.8, 4) is 0 Å². The number of hydrogen-bond acceptors (Lipinski definition) is 3. The van der Waals surface area contributed by atoms with Crippen molar-refractivity contribution in [3.63, 3.8) is 0 Å². The van der Waals surface area contributed by atoms with E-state index in [2.05, 4.69) is 5.32 Å². The van der Waals surface area contributed by atoms with Crippen molar-refractivity contribution < 1.29 is 18.7 Å². The molecule has 1 aromatic carbocycles. The van der Waals surface area contributed by atoms with Gasteiger partial charge in [0.25, 0.3) is 0 Å². The lowest BCUT2D eigenvalue weighted by Crippen LogP contribution is -2.16. The second-order valence-electron chi connectivity index (χ2n) is 4.51. The SMILES string of the molecule is Cc1oc(CNCCc2ccccc2F)cc1C(=O)O. The summed E-state index contributed by atoms with van der Waals surface area (Å²) in [5.74, 6) is -0.253. The molecule has 0 aliphatic rings. The molecule has 4 nitrogen and oxygen atoms in total. The average Bonchev–Trinajstić information content (AvgIpc) is 2.78. The predicted molar refractivity (Wildman–Crippen MR) is 72.2 cm³/mol. The van der Waals surface area contributed by atoms with Gasteiger partial charge in [0.2, 0.25) is 0 Å². The molecule has 5 heteroatoms. The van der Waals surface area contributed by atoms with Gasteiger partial charge in [-0.3, -0.25) is 0 Å². The normalized spacial score (nSPS) is 10.7. The monoisotopic (exact) mass is 277 g/mol. The van der Waals surface area contributed by atoms with Gasteiger partial charge in [-0.2, -0.15) is 0 Å². The number of halogens is 1.